The minimum Gasteiger partial charge on any atom is -0.383 e. The first-order valence-electron chi connectivity index (χ1n) is 8.61. The highest BCUT2D eigenvalue weighted by Crippen LogP contribution is 2.12. The average Bonchev–Trinajstić information content (AvgIpc) is 3.08. The predicted molar refractivity (Wildman–Crippen MR) is 103 cm³/mol. The van der Waals surface area contributed by atoms with Crippen LogP contribution < -0.4 is 10.6 Å². The summed E-state index contributed by atoms with van der Waals surface area (Å²) in [7, 11) is 1.60. The number of aryl methyl sites for hydroxylation is 1. The molecular formula is C18H21ClN6O2. The Morgan fingerprint density at radius 2 is 2.00 bits per heavy atom. The Hall–Kier alpha value is -2.71. The third-order valence-electron chi connectivity index (χ3n) is 3.92. The monoisotopic (exact) mass is 388 g/mol. The van der Waals surface area contributed by atoms with E-state index in [-0.39, 0.29) is 5.91 Å². The van der Waals surface area contributed by atoms with E-state index in [1.165, 1.54) is 0 Å². The molecule has 0 atom stereocenters. The van der Waals surface area contributed by atoms with Crippen LogP contribution in [0.15, 0.2) is 36.4 Å². The fraction of sp³-hybridized carbons (Fsp3) is 0.333. The number of benzene rings is 1. The van der Waals surface area contributed by atoms with Gasteiger partial charge >= 0.3 is 0 Å². The van der Waals surface area contributed by atoms with Crippen molar-refractivity contribution in [3.8, 4) is 0 Å². The molecule has 0 saturated heterocycles. The van der Waals surface area contributed by atoms with Gasteiger partial charge in [-0.15, -0.1) is 15.3 Å². The first kappa shape index (κ1) is 19.1. The fourth-order valence-electron chi connectivity index (χ4n) is 2.48. The summed E-state index contributed by atoms with van der Waals surface area (Å²) in [4.78, 5) is 11.8. The molecule has 142 valence electrons. The smallest absolute Gasteiger partial charge is 0.220 e. The van der Waals surface area contributed by atoms with Gasteiger partial charge in [0, 0.05) is 38.1 Å². The second-order valence-electron chi connectivity index (χ2n) is 5.93. The normalized spacial score (nSPS) is 10.9. The molecule has 8 nitrogen and oxygen atoms in total. The molecule has 27 heavy (non-hydrogen) atoms. The number of amides is 1. The van der Waals surface area contributed by atoms with Crippen molar-refractivity contribution in [3.63, 3.8) is 0 Å². The summed E-state index contributed by atoms with van der Waals surface area (Å²) in [5, 5.41) is 19.5. The fourth-order valence-corrected chi connectivity index (χ4v) is 2.61. The number of fused-ring (bicyclic) bond motifs is 1. The maximum atomic E-state index is 11.8. The molecule has 1 amide bonds. The summed E-state index contributed by atoms with van der Waals surface area (Å²) >= 11 is 5.90. The Labute approximate surface area is 161 Å². The molecule has 0 aliphatic carbocycles. The quantitative estimate of drug-likeness (QED) is 0.545. The lowest BCUT2D eigenvalue weighted by molar-refractivity contribution is -0.121. The molecule has 0 saturated carbocycles. The molecular weight excluding hydrogens is 368 g/mol. The molecule has 0 fully saturated rings. The number of anilines is 1. The van der Waals surface area contributed by atoms with E-state index < -0.39 is 0 Å². The van der Waals surface area contributed by atoms with E-state index in [0.29, 0.717) is 54.9 Å². The molecule has 3 rings (SSSR count). The van der Waals surface area contributed by atoms with Gasteiger partial charge < -0.3 is 15.4 Å². The lowest BCUT2D eigenvalue weighted by atomic mass is 10.2. The van der Waals surface area contributed by atoms with Gasteiger partial charge in [0.1, 0.15) is 5.82 Å². The van der Waals surface area contributed by atoms with Crippen LogP contribution in [0.2, 0.25) is 5.02 Å². The molecule has 2 aromatic heterocycles. The largest absolute Gasteiger partial charge is 0.383 e. The van der Waals surface area contributed by atoms with Gasteiger partial charge in [-0.1, -0.05) is 23.7 Å². The van der Waals surface area contributed by atoms with E-state index >= 15 is 0 Å². The molecule has 0 unspecified atom stereocenters. The van der Waals surface area contributed by atoms with Gasteiger partial charge in [-0.2, -0.15) is 4.52 Å². The third kappa shape index (κ3) is 5.38. The molecule has 0 spiro atoms. The zero-order valence-electron chi connectivity index (χ0n) is 15.0. The van der Waals surface area contributed by atoms with E-state index in [1.54, 1.807) is 11.6 Å². The molecule has 3 aromatic rings. The van der Waals surface area contributed by atoms with Crippen molar-refractivity contribution >= 4 is 29.0 Å². The highest BCUT2D eigenvalue weighted by molar-refractivity contribution is 6.30. The van der Waals surface area contributed by atoms with Crippen LogP contribution in [0.3, 0.4) is 0 Å². The lowest BCUT2D eigenvalue weighted by Gasteiger charge is -2.07. The van der Waals surface area contributed by atoms with Gasteiger partial charge in [0.15, 0.2) is 11.5 Å². The van der Waals surface area contributed by atoms with Gasteiger partial charge in [0.05, 0.1) is 6.61 Å². The van der Waals surface area contributed by atoms with Crippen molar-refractivity contribution in [1.82, 2.24) is 25.1 Å². The number of halogens is 1. The maximum absolute atomic E-state index is 11.8. The van der Waals surface area contributed by atoms with Gasteiger partial charge in [-0.3, -0.25) is 4.79 Å². The first-order chi connectivity index (χ1) is 13.2. The minimum absolute atomic E-state index is 0.0548. The molecule has 0 aliphatic heterocycles. The standard InChI is InChI=1S/C18H21ClN6O2/c1-27-11-10-20-18(26)9-8-17-23-22-16-7-6-15(24-25(16)17)21-12-13-2-4-14(19)5-3-13/h2-7H,8-12H2,1H3,(H,20,26)(H,21,24). The second-order valence-corrected chi connectivity index (χ2v) is 6.36. The van der Waals surface area contributed by atoms with Gasteiger partial charge in [-0.05, 0) is 29.8 Å². The summed E-state index contributed by atoms with van der Waals surface area (Å²) in [6.45, 7) is 1.60. The highest BCUT2D eigenvalue weighted by atomic mass is 35.5. The summed E-state index contributed by atoms with van der Waals surface area (Å²) in [5.74, 6) is 1.28. The number of rotatable bonds is 9. The molecule has 2 N–H and O–H groups in total. The number of methoxy groups -OCH3 is 1. The molecule has 9 heteroatoms. The van der Waals surface area contributed by atoms with Crippen molar-refractivity contribution in [2.45, 2.75) is 19.4 Å². The number of hydrogen-bond acceptors (Lipinski definition) is 6. The van der Waals surface area contributed by atoms with Crippen molar-refractivity contribution < 1.29 is 9.53 Å². The number of ether oxygens (including phenoxy) is 1. The van der Waals surface area contributed by atoms with Crippen molar-refractivity contribution in [2.24, 2.45) is 0 Å². The number of carbonyl (C=O) groups is 1. The van der Waals surface area contributed by atoms with Crippen LogP contribution in [-0.2, 0) is 22.5 Å². The number of carbonyl (C=O) groups excluding carboxylic acids is 1. The molecule has 1 aromatic carbocycles. The van der Waals surface area contributed by atoms with Gasteiger partial charge in [-0.25, -0.2) is 0 Å². The SMILES string of the molecule is COCCNC(=O)CCc1nnc2ccc(NCc3ccc(Cl)cc3)nn12. The number of hydrogen-bond donors (Lipinski definition) is 2. The van der Waals surface area contributed by atoms with E-state index in [2.05, 4.69) is 25.9 Å². The Bertz CT molecular complexity index is 897. The van der Waals surface area contributed by atoms with Crippen molar-refractivity contribution in [3.05, 3.63) is 52.8 Å². The van der Waals surface area contributed by atoms with Crippen LogP contribution in [0.1, 0.15) is 17.8 Å². The van der Waals surface area contributed by atoms with Crippen LogP contribution in [0, 0.1) is 0 Å². The van der Waals surface area contributed by atoms with E-state index in [4.69, 9.17) is 16.3 Å². The number of nitrogens with zero attached hydrogens (tertiary/aromatic N) is 4. The third-order valence-corrected chi connectivity index (χ3v) is 4.17. The first-order valence-corrected chi connectivity index (χ1v) is 8.99. The van der Waals surface area contributed by atoms with Gasteiger partial charge in [0.25, 0.3) is 0 Å². The Balaban J connectivity index is 1.61. The molecule has 0 bridgehead atoms. The maximum Gasteiger partial charge on any atom is 0.220 e. The van der Waals surface area contributed by atoms with E-state index in [9.17, 15) is 4.79 Å². The summed E-state index contributed by atoms with van der Waals surface area (Å²) in [6.07, 6.45) is 0.766. The predicted octanol–water partition coefficient (Wildman–Crippen LogP) is 2.08. The molecule has 2 heterocycles. The number of aromatic nitrogens is 4. The van der Waals surface area contributed by atoms with E-state index in [0.717, 1.165) is 5.56 Å². The second kappa shape index (κ2) is 9.29. The summed E-state index contributed by atoms with van der Waals surface area (Å²) < 4.78 is 6.57. The molecule has 0 aliphatic rings. The molecule has 0 radical (unpaired) electrons. The Morgan fingerprint density at radius 3 is 2.78 bits per heavy atom. The number of nitrogens with one attached hydrogen (secondary N) is 2. The Morgan fingerprint density at radius 1 is 1.19 bits per heavy atom. The van der Waals surface area contributed by atoms with E-state index in [1.807, 2.05) is 36.4 Å². The zero-order valence-corrected chi connectivity index (χ0v) is 15.7. The zero-order chi connectivity index (χ0) is 19.1. The van der Waals surface area contributed by atoms with Crippen LogP contribution in [0.5, 0.6) is 0 Å². The Kier molecular flexibility index (Phi) is 6.56. The van der Waals surface area contributed by atoms with Crippen LogP contribution in [0.4, 0.5) is 5.82 Å². The van der Waals surface area contributed by atoms with Crippen molar-refractivity contribution in [2.75, 3.05) is 25.6 Å². The van der Waals surface area contributed by atoms with Crippen LogP contribution in [0.25, 0.3) is 5.65 Å². The summed E-state index contributed by atoms with van der Waals surface area (Å²) in [6, 6.07) is 11.3. The average molecular weight is 389 g/mol. The minimum atomic E-state index is -0.0548. The van der Waals surface area contributed by atoms with Crippen LogP contribution in [-0.4, -0.2) is 46.0 Å². The lowest BCUT2D eigenvalue weighted by Crippen LogP contribution is -2.27. The topological polar surface area (TPSA) is 93.4 Å². The van der Waals surface area contributed by atoms with Gasteiger partial charge in [0.2, 0.25) is 5.91 Å². The van der Waals surface area contributed by atoms with Crippen molar-refractivity contribution in [1.29, 1.82) is 0 Å². The van der Waals surface area contributed by atoms with Crippen LogP contribution >= 0.6 is 11.6 Å². The highest BCUT2D eigenvalue weighted by Gasteiger charge is 2.10. The summed E-state index contributed by atoms with van der Waals surface area (Å²) in [5.41, 5.74) is 1.74.